The van der Waals surface area contributed by atoms with Crippen molar-refractivity contribution < 1.29 is 13.3 Å². The second-order valence-electron chi connectivity index (χ2n) is 5.46. The van der Waals surface area contributed by atoms with Gasteiger partial charge in [0.1, 0.15) is 0 Å². The van der Waals surface area contributed by atoms with Crippen LogP contribution in [0.3, 0.4) is 0 Å². The molecule has 0 saturated heterocycles. The summed E-state index contributed by atoms with van der Waals surface area (Å²) in [6.07, 6.45) is 3.13. The van der Waals surface area contributed by atoms with Crippen molar-refractivity contribution in [3.05, 3.63) is 39.9 Å². The molecular formula is C15H26IN5O4S. The average Bonchev–Trinajstić information content (AvgIpc) is 2.55. The summed E-state index contributed by atoms with van der Waals surface area (Å²) >= 11 is 0. The van der Waals surface area contributed by atoms with Gasteiger partial charge in [-0.15, -0.1) is 24.0 Å². The second-order valence-corrected chi connectivity index (χ2v) is 7.30. The van der Waals surface area contributed by atoms with Crippen molar-refractivity contribution in [1.29, 1.82) is 0 Å². The Bertz CT molecular complexity index is 680. The van der Waals surface area contributed by atoms with Crippen molar-refractivity contribution in [2.45, 2.75) is 26.3 Å². The molecule has 0 aromatic heterocycles. The zero-order valence-electron chi connectivity index (χ0n) is 14.9. The quantitative estimate of drug-likeness (QED) is 0.112. The van der Waals surface area contributed by atoms with Gasteiger partial charge in [0.15, 0.2) is 5.96 Å². The first kappa shape index (κ1) is 24.5. The van der Waals surface area contributed by atoms with Crippen LogP contribution in [0.5, 0.6) is 0 Å². The lowest BCUT2D eigenvalue weighted by molar-refractivity contribution is -0.384. The van der Waals surface area contributed by atoms with Crippen LogP contribution < -0.4 is 15.4 Å². The Morgan fingerprint density at radius 1 is 1.15 bits per heavy atom. The molecule has 0 saturated carbocycles. The number of nitro benzene ring substituents is 1. The number of nitrogens with one attached hydrogen (secondary N) is 3. The normalized spacial score (nSPS) is 11.5. The predicted molar refractivity (Wildman–Crippen MR) is 113 cm³/mol. The van der Waals surface area contributed by atoms with E-state index in [9.17, 15) is 18.5 Å². The van der Waals surface area contributed by atoms with Gasteiger partial charge in [-0.05, 0) is 12.0 Å². The number of unbranched alkanes of at least 4 members (excludes halogenated alkanes) is 1. The van der Waals surface area contributed by atoms with E-state index in [2.05, 4.69) is 27.3 Å². The molecule has 0 atom stereocenters. The number of hydrogen-bond donors (Lipinski definition) is 3. The molecule has 0 radical (unpaired) electrons. The first-order valence-corrected chi connectivity index (χ1v) is 9.91. The van der Waals surface area contributed by atoms with E-state index in [-0.39, 0.29) is 36.2 Å². The summed E-state index contributed by atoms with van der Waals surface area (Å²) in [6, 6.07) is 6.21. The second kappa shape index (κ2) is 12.8. The summed E-state index contributed by atoms with van der Waals surface area (Å²) in [5.41, 5.74) is 0.885. The maximum absolute atomic E-state index is 11.0. The lowest BCUT2D eigenvalue weighted by Gasteiger charge is -2.12. The molecule has 1 aromatic carbocycles. The van der Waals surface area contributed by atoms with Crippen LogP contribution in [0.4, 0.5) is 5.69 Å². The van der Waals surface area contributed by atoms with Gasteiger partial charge in [0.05, 0.1) is 17.7 Å². The van der Waals surface area contributed by atoms with Gasteiger partial charge in [-0.25, -0.2) is 18.1 Å². The summed E-state index contributed by atoms with van der Waals surface area (Å²) in [5.74, 6) is 0.571. The fourth-order valence-corrected chi connectivity index (χ4v) is 2.34. The van der Waals surface area contributed by atoms with Crippen molar-refractivity contribution in [2.24, 2.45) is 4.99 Å². The number of benzene rings is 1. The third-order valence-electron chi connectivity index (χ3n) is 3.17. The van der Waals surface area contributed by atoms with Crippen LogP contribution in [-0.2, 0) is 16.6 Å². The molecular weight excluding hydrogens is 473 g/mol. The fourth-order valence-electron chi connectivity index (χ4n) is 1.87. The highest BCUT2D eigenvalue weighted by Gasteiger charge is 2.04. The number of nitro groups is 1. The van der Waals surface area contributed by atoms with Crippen LogP contribution in [0, 0.1) is 10.1 Å². The third-order valence-corrected chi connectivity index (χ3v) is 3.90. The fraction of sp³-hybridized carbons (Fsp3) is 0.533. The summed E-state index contributed by atoms with van der Waals surface area (Å²) in [6.45, 7) is 3.84. The van der Waals surface area contributed by atoms with Gasteiger partial charge in [0.2, 0.25) is 10.0 Å². The first-order valence-electron chi connectivity index (χ1n) is 8.02. The number of rotatable bonds is 10. The number of guanidine groups is 1. The molecule has 1 aromatic rings. The Balaban J connectivity index is 0.00000625. The Morgan fingerprint density at radius 3 is 2.31 bits per heavy atom. The van der Waals surface area contributed by atoms with Gasteiger partial charge in [0.25, 0.3) is 5.69 Å². The smallest absolute Gasteiger partial charge is 0.269 e. The predicted octanol–water partition coefficient (Wildman–Crippen LogP) is 1.60. The molecule has 0 aliphatic carbocycles. The molecule has 0 bridgehead atoms. The minimum absolute atomic E-state index is 0. The topological polar surface area (TPSA) is 126 Å². The Labute approximate surface area is 171 Å². The van der Waals surface area contributed by atoms with Gasteiger partial charge < -0.3 is 10.6 Å². The number of hydrogen-bond acceptors (Lipinski definition) is 5. The van der Waals surface area contributed by atoms with E-state index < -0.39 is 14.9 Å². The van der Waals surface area contributed by atoms with Gasteiger partial charge in [0, 0.05) is 31.8 Å². The van der Waals surface area contributed by atoms with Crippen molar-refractivity contribution in [2.75, 3.05) is 25.9 Å². The molecule has 0 fully saturated rings. The molecule has 26 heavy (non-hydrogen) atoms. The maximum Gasteiger partial charge on any atom is 0.269 e. The van der Waals surface area contributed by atoms with Crippen LogP contribution in [0.1, 0.15) is 25.3 Å². The largest absolute Gasteiger partial charge is 0.356 e. The Kier molecular flexibility index (Phi) is 12.1. The molecule has 0 aliphatic rings. The number of nitrogens with zero attached hydrogens (tertiary/aromatic N) is 2. The number of halogens is 1. The highest BCUT2D eigenvalue weighted by Crippen LogP contribution is 2.12. The van der Waals surface area contributed by atoms with Crippen molar-refractivity contribution in [3.8, 4) is 0 Å². The highest BCUT2D eigenvalue weighted by atomic mass is 127. The minimum atomic E-state index is -3.21. The monoisotopic (exact) mass is 499 g/mol. The number of aliphatic imine (C=N–C) groups is 1. The molecule has 1 rings (SSSR count). The molecule has 11 heteroatoms. The van der Waals surface area contributed by atoms with Crippen molar-refractivity contribution in [1.82, 2.24) is 15.4 Å². The molecule has 0 amide bonds. The summed E-state index contributed by atoms with van der Waals surface area (Å²) in [4.78, 5) is 14.6. The zero-order chi connectivity index (χ0) is 18.7. The van der Waals surface area contributed by atoms with E-state index in [4.69, 9.17) is 0 Å². The summed E-state index contributed by atoms with van der Waals surface area (Å²) in [5, 5.41) is 16.9. The maximum atomic E-state index is 11.0. The van der Waals surface area contributed by atoms with Crippen LogP contribution in [0.25, 0.3) is 0 Å². The highest BCUT2D eigenvalue weighted by molar-refractivity contribution is 14.0. The number of non-ortho nitro benzene ring substituents is 1. The van der Waals surface area contributed by atoms with Crippen molar-refractivity contribution in [3.63, 3.8) is 0 Å². The molecule has 148 valence electrons. The Morgan fingerprint density at radius 2 is 1.77 bits per heavy atom. The summed E-state index contributed by atoms with van der Waals surface area (Å²) < 4.78 is 24.5. The van der Waals surface area contributed by atoms with Gasteiger partial charge >= 0.3 is 0 Å². The first-order chi connectivity index (χ1) is 11.8. The molecule has 0 heterocycles. The minimum Gasteiger partial charge on any atom is -0.356 e. The third kappa shape index (κ3) is 11.2. The SMILES string of the molecule is CCCCNC(=NCc1ccc([N+](=O)[O-])cc1)NCCNS(C)(=O)=O.I. The van der Waals surface area contributed by atoms with Crippen LogP contribution in [0.2, 0.25) is 0 Å². The van der Waals surface area contributed by atoms with E-state index in [0.717, 1.165) is 31.2 Å². The van der Waals surface area contributed by atoms with E-state index in [1.807, 2.05) is 0 Å². The zero-order valence-corrected chi connectivity index (χ0v) is 18.0. The van der Waals surface area contributed by atoms with Crippen LogP contribution in [-0.4, -0.2) is 45.2 Å². The standard InChI is InChI=1S/C15H25N5O4S.HI/c1-3-4-9-16-15(17-10-11-19-25(2,23)24)18-12-13-5-7-14(8-6-13)20(21)22;/h5-8,19H,3-4,9-12H2,1-2H3,(H2,16,17,18);1H. The van der Waals surface area contributed by atoms with E-state index in [1.165, 1.54) is 12.1 Å². The number of sulfonamides is 1. The van der Waals surface area contributed by atoms with Gasteiger partial charge in [-0.3, -0.25) is 10.1 Å². The molecule has 0 unspecified atom stereocenters. The van der Waals surface area contributed by atoms with Crippen LogP contribution >= 0.6 is 24.0 Å². The van der Waals surface area contributed by atoms with Gasteiger partial charge in [-0.1, -0.05) is 25.5 Å². The Hall–Kier alpha value is -1.47. The van der Waals surface area contributed by atoms with E-state index >= 15 is 0 Å². The lowest BCUT2D eigenvalue weighted by Crippen LogP contribution is -2.41. The van der Waals surface area contributed by atoms with E-state index in [1.54, 1.807) is 12.1 Å². The molecule has 0 aliphatic heterocycles. The summed E-state index contributed by atoms with van der Waals surface area (Å²) in [7, 11) is -3.21. The average molecular weight is 499 g/mol. The van der Waals surface area contributed by atoms with E-state index in [0.29, 0.717) is 19.0 Å². The molecule has 0 spiro atoms. The molecule has 9 nitrogen and oxygen atoms in total. The van der Waals surface area contributed by atoms with Gasteiger partial charge in [-0.2, -0.15) is 0 Å². The lowest BCUT2D eigenvalue weighted by atomic mass is 10.2. The molecule has 3 N–H and O–H groups in total. The van der Waals surface area contributed by atoms with Crippen LogP contribution in [0.15, 0.2) is 29.3 Å². The van der Waals surface area contributed by atoms with Crippen molar-refractivity contribution >= 4 is 45.6 Å².